The van der Waals surface area contributed by atoms with Crippen LogP contribution in [0.15, 0.2) is 46.2 Å². The Hall–Kier alpha value is -0.960. The third-order valence-electron chi connectivity index (χ3n) is 3.93. The van der Waals surface area contributed by atoms with E-state index in [0.717, 1.165) is 11.6 Å². The van der Waals surface area contributed by atoms with Crippen LogP contribution in [-0.2, 0) is 6.54 Å². The Morgan fingerprint density at radius 3 is 2.67 bits per heavy atom. The van der Waals surface area contributed by atoms with Crippen LogP contribution in [0, 0.1) is 13.8 Å². The van der Waals surface area contributed by atoms with Gasteiger partial charge in [-0.15, -0.1) is 0 Å². The number of hydrogen-bond donors (Lipinski definition) is 1. The minimum absolute atomic E-state index is 0.695. The molecule has 0 bridgehead atoms. The standard InChI is InChI=1S/C18H20ClNS/c1-12-6-9-15(10-13(12)2)21-18-5-3-4-17(19)16(18)11-20-14-7-8-14/h3-6,9-10,14,20H,7-8,11H2,1-2H3. The second-order valence-electron chi connectivity index (χ2n) is 5.72. The van der Waals surface area contributed by atoms with E-state index >= 15 is 0 Å². The van der Waals surface area contributed by atoms with Crippen molar-refractivity contribution in [2.45, 2.75) is 49.1 Å². The summed E-state index contributed by atoms with van der Waals surface area (Å²) in [6, 6.07) is 13.5. The van der Waals surface area contributed by atoms with Crippen molar-refractivity contribution >= 4 is 23.4 Å². The Balaban J connectivity index is 1.82. The molecule has 0 unspecified atom stereocenters. The van der Waals surface area contributed by atoms with E-state index in [9.17, 15) is 0 Å². The van der Waals surface area contributed by atoms with E-state index in [4.69, 9.17) is 11.6 Å². The number of aryl methyl sites for hydroxylation is 2. The zero-order valence-corrected chi connectivity index (χ0v) is 14.0. The lowest BCUT2D eigenvalue weighted by atomic mass is 10.1. The van der Waals surface area contributed by atoms with E-state index in [1.807, 2.05) is 12.1 Å². The molecule has 1 aliphatic rings. The second-order valence-corrected chi connectivity index (χ2v) is 7.24. The molecule has 21 heavy (non-hydrogen) atoms. The van der Waals surface area contributed by atoms with Gasteiger partial charge in [0.15, 0.2) is 0 Å². The molecule has 1 nitrogen and oxygen atoms in total. The highest BCUT2D eigenvalue weighted by atomic mass is 35.5. The Labute approximate surface area is 136 Å². The first-order chi connectivity index (χ1) is 10.1. The van der Waals surface area contributed by atoms with Gasteiger partial charge < -0.3 is 5.32 Å². The van der Waals surface area contributed by atoms with Crippen molar-refractivity contribution in [1.29, 1.82) is 0 Å². The molecule has 0 amide bonds. The summed E-state index contributed by atoms with van der Waals surface area (Å²) in [6.45, 7) is 5.17. The molecule has 3 heteroatoms. The predicted octanol–water partition coefficient (Wildman–Crippen LogP) is 5.36. The molecule has 1 aliphatic carbocycles. The van der Waals surface area contributed by atoms with E-state index in [1.54, 1.807) is 11.8 Å². The Morgan fingerprint density at radius 1 is 1.14 bits per heavy atom. The lowest BCUT2D eigenvalue weighted by Crippen LogP contribution is -2.16. The minimum atomic E-state index is 0.695. The van der Waals surface area contributed by atoms with Crippen LogP contribution < -0.4 is 5.32 Å². The van der Waals surface area contributed by atoms with Crippen LogP contribution in [0.1, 0.15) is 29.5 Å². The lowest BCUT2D eigenvalue weighted by molar-refractivity contribution is 0.680. The van der Waals surface area contributed by atoms with Crippen molar-refractivity contribution in [2.24, 2.45) is 0 Å². The summed E-state index contributed by atoms with van der Waals surface area (Å²) in [6.07, 6.45) is 2.59. The van der Waals surface area contributed by atoms with Crippen LogP contribution in [0.2, 0.25) is 5.02 Å². The summed E-state index contributed by atoms with van der Waals surface area (Å²) in [5.74, 6) is 0. The maximum atomic E-state index is 6.40. The van der Waals surface area contributed by atoms with Gasteiger partial charge in [-0.3, -0.25) is 0 Å². The number of halogens is 1. The van der Waals surface area contributed by atoms with Gasteiger partial charge in [-0.1, -0.05) is 35.5 Å². The number of hydrogen-bond acceptors (Lipinski definition) is 2. The summed E-state index contributed by atoms with van der Waals surface area (Å²) >= 11 is 8.20. The molecule has 0 aliphatic heterocycles. The van der Waals surface area contributed by atoms with Gasteiger partial charge in [-0.25, -0.2) is 0 Å². The molecule has 1 N–H and O–H groups in total. The van der Waals surface area contributed by atoms with Crippen LogP contribution in [0.4, 0.5) is 0 Å². The van der Waals surface area contributed by atoms with E-state index in [2.05, 4.69) is 43.4 Å². The molecule has 1 fully saturated rings. The lowest BCUT2D eigenvalue weighted by Gasteiger charge is -2.12. The first kappa shape index (κ1) is 15.0. The first-order valence-electron chi connectivity index (χ1n) is 7.39. The Morgan fingerprint density at radius 2 is 1.95 bits per heavy atom. The van der Waals surface area contributed by atoms with Crippen LogP contribution >= 0.6 is 23.4 Å². The van der Waals surface area contributed by atoms with Crippen molar-refractivity contribution in [3.63, 3.8) is 0 Å². The molecule has 2 aromatic carbocycles. The summed E-state index contributed by atoms with van der Waals surface area (Å²) in [5, 5.41) is 4.42. The third kappa shape index (κ3) is 3.82. The highest BCUT2D eigenvalue weighted by molar-refractivity contribution is 7.99. The maximum absolute atomic E-state index is 6.40. The molecule has 0 spiro atoms. The molecular weight excluding hydrogens is 298 g/mol. The molecule has 0 aromatic heterocycles. The van der Waals surface area contributed by atoms with E-state index in [1.165, 1.54) is 39.3 Å². The van der Waals surface area contributed by atoms with Gasteiger partial charge in [-0.05, 0) is 67.6 Å². The van der Waals surface area contributed by atoms with Crippen LogP contribution in [0.25, 0.3) is 0 Å². The van der Waals surface area contributed by atoms with Crippen molar-refractivity contribution in [3.05, 3.63) is 58.1 Å². The quantitative estimate of drug-likeness (QED) is 0.796. The summed E-state index contributed by atoms with van der Waals surface area (Å²) in [7, 11) is 0. The van der Waals surface area contributed by atoms with E-state index in [-0.39, 0.29) is 0 Å². The topological polar surface area (TPSA) is 12.0 Å². The van der Waals surface area contributed by atoms with Crippen LogP contribution in [0.3, 0.4) is 0 Å². The van der Waals surface area contributed by atoms with Crippen molar-refractivity contribution in [1.82, 2.24) is 5.32 Å². The molecule has 0 heterocycles. The highest BCUT2D eigenvalue weighted by Gasteiger charge is 2.21. The zero-order valence-electron chi connectivity index (χ0n) is 12.4. The summed E-state index contributed by atoms with van der Waals surface area (Å²) < 4.78 is 0. The Bertz CT molecular complexity index is 650. The SMILES string of the molecule is Cc1ccc(Sc2cccc(Cl)c2CNC2CC2)cc1C. The predicted molar refractivity (Wildman–Crippen MR) is 91.4 cm³/mol. The van der Waals surface area contributed by atoms with E-state index < -0.39 is 0 Å². The van der Waals surface area contributed by atoms with Crippen molar-refractivity contribution in [2.75, 3.05) is 0 Å². The molecule has 2 aromatic rings. The second kappa shape index (κ2) is 6.43. The highest BCUT2D eigenvalue weighted by Crippen LogP contribution is 2.35. The summed E-state index contributed by atoms with van der Waals surface area (Å²) in [5.41, 5.74) is 3.88. The zero-order chi connectivity index (χ0) is 14.8. The number of nitrogens with one attached hydrogen (secondary N) is 1. The average Bonchev–Trinajstić information content (AvgIpc) is 3.26. The molecular formula is C18H20ClNS. The number of benzene rings is 2. The van der Waals surface area contributed by atoms with Crippen molar-refractivity contribution in [3.8, 4) is 0 Å². The summed E-state index contributed by atoms with van der Waals surface area (Å²) in [4.78, 5) is 2.52. The minimum Gasteiger partial charge on any atom is -0.310 e. The third-order valence-corrected chi connectivity index (χ3v) is 5.37. The fraction of sp³-hybridized carbons (Fsp3) is 0.333. The molecule has 0 atom stereocenters. The molecule has 3 rings (SSSR count). The maximum Gasteiger partial charge on any atom is 0.0462 e. The molecule has 1 saturated carbocycles. The van der Waals surface area contributed by atoms with Gasteiger partial charge in [0, 0.05) is 27.4 Å². The normalized spacial score (nSPS) is 14.4. The van der Waals surface area contributed by atoms with E-state index in [0.29, 0.717) is 6.04 Å². The molecule has 0 radical (unpaired) electrons. The molecule has 0 saturated heterocycles. The number of rotatable bonds is 5. The van der Waals surface area contributed by atoms with Gasteiger partial charge in [0.2, 0.25) is 0 Å². The van der Waals surface area contributed by atoms with Gasteiger partial charge in [-0.2, -0.15) is 0 Å². The molecule has 110 valence electrons. The largest absolute Gasteiger partial charge is 0.310 e. The van der Waals surface area contributed by atoms with Crippen LogP contribution in [-0.4, -0.2) is 6.04 Å². The van der Waals surface area contributed by atoms with Gasteiger partial charge >= 0.3 is 0 Å². The van der Waals surface area contributed by atoms with Crippen LogP contribution in [0.5, 0.6) is 0 Å². The monoisotopic (exact) mass is 317 g/mol. The smallest absolute Gasteiger partial charge is 0.0462 e. The fourth-order valence-electron chi connectivity index (χ4n) is 2.24. The fourth-order valence-corrected chi connectivity index (χ4v) is 3.62. The van der Waals surface area contributed by atoms with Gasteiger partial charge in [0.25, 0.3) is 0 Å². The first-order valence-corrected chi connectivity index (χ1v) is 8.59. The Kier molecular flexibility index (Phi) is 4.58. The average molecular weight is 318 g/mol. The van der Waals surface area contributed by atoms with Crippen molar-refractivity contribution < 1.29 is 0 Å². The van der Waals surface area contributed by atoms with Gasteiger partial charge in [0.1, 0.15) is 0 Å². The van der Waals surface area contributed by atoms with Gasteiger partial charge in [0.05, 0.1) is 0 Å².